The Morgan fingerprint density at radius 1 is 1.20 bits per heavy atom. The molecule has 1 fully saturated rings. The predicted molar refractivity (Wildman–Crippen MR) is 73.3 cm³/mol. The normalized spacial score (nSPS) is 25.2. The SMILES string of the molecule is COC(=O)[C@@H]1C[C@H](C(=O)OC)[C@H](c2ccccc2Cl)N1. The Bertz CT molecular complexity index is 520. The molecule has 0 saturated carbocycles. The Labute approximate surface area is 122 Å². The second-order valence-electron chi connectivity index (χ2n) is 4.61. The van der Waals surface area contributed by atoms with E-state index in [9.17, 15) is 9.59 Å². The van der Waals surface area contributed by atoms with Gasteiger partial charge in [0.25, 0.3) is 0 Å². The second kappa shape index (κ2) is 6.24. The third-order valence-corrected chi connectivity index (χ3v) is 3.85. The smallest absolute Gasteiger partial charge is 0.322 e. The number of nitrogens with one attached hydrogen (secondary N) is 1. The monoisotopic (exact) mass is 297 g/mol. The molecule has 1 N–H and O–H groups in total. The number of ether oxygens (including phenoxy) is 2. The van der Waals surface area contributed by atoms with Gasteiger partial charge in [0.2, 0.25) is 0 Å². The molecule has 1 saturated heterocycles. The van der Waals surface area contributed by atoms with Gasteiger partial charge >= 0.3 is 11.9 Å². The molecule has 20 heavy (non-hydrogen) atoms. The van der Waals surface area contributed by atoms with Gasteiger partial charge in [-0.3, -0.25) is 14.9 Å². The first kappa shape index (κ1) is 14.8. The molecule has 0 spiro atoms. The van der Waals surface area contributed by atoms with Gasteiger partial charge in [-0.15, -0.1) is 0 Å². The molecule has 5 nitrogen and oxygen atoms in total. The largest absolute Gasteiger partial charge is 0.469 e. The summed E-state index contributed by atoms with van der Waals surface area (Å²) < 4.78 is 9.54. The standard InChI is InChI=1S/C14H16ClNO4/c1-19-13(17)9-7-11(14(18)20-2)16-12(9)8-5-3-4-6-10(8)15/h3-6,9,11-12,16H,7H2,1-2H3/t9-,11-,12-/m0/s1. The average molecular weight is 298 g/mol. The molecule has 1 aromatic carbocycles. The molecule has 1 aliphatic rings. The van der Waals surface area contributed by atoms with Gasteiger partial charge in [0, 0.05) is 11.1 Å². The molecule has 1 aromatic rings. The zero-order valence-electron chi connectivity index (χ0n) is 11.3. The Hall–Kier alpha value is -1.59. The van der Waals surface area contributed by atoms with Gasteiger partial charge in [0.15, 0.2) is 0 Å². The molecule has 108 valence electrons. The maximum atomic E-state index is 11.9. The summed E-state index contributed by atoms with van der Waals surface area (Å²) in [6.45, 7) is 0. The zero-order chi connectivity index (χ0) is 14.7. The number of carbonyl (C=O) groups is 2. The lowest BCUT2D eigenvalue weighted by Crippen LogP contribution is -2.33. The molecule has 0 bridgehead atoms. The Kier molecular flexibility index (Phi) is 4.62. The van der Waals surface area contributed by atoms with Crippen molar-refractivity contribution in [1.82, 2.24) is 5.32 Å². The van der Waals surface area contributed by atoms with Crippen LogP contribution in [0.2, 0.25) is 5.02 Å². The first-order valence-corrected chi connectivity index (χ1v) is 6.62. The zero-order valence-corrected chi connectivity index (χ0v) is 12.0. The van der Waals surface area contributed by atoms with Gasteiger partial charge in [0.1, 0.15) is 6.04 Å². The van der Waals surface area contributed by atoms with E-state index in [1.54, 1.807) is 6.07 Å². The summed E-state index contributed by atoms with van der Waals surface area (Å²) in [5.74, 6) is -1.23. The molecule has 0 aliphatic carbocycles. The van der Waals surface area contributed by atoms with Crippen LogP contribution in [0.1, 0.15) is 18.0 Å². The van der Waals surface area contributed by atoms with Crippen molar-refractivity contribution in [2.24, 2.45) is 5.92 Å². The maximum Gasteiger partial charge on any atom is 0.322 e. The van der Waals surface area contributed by atoms with Crippen molar-refractivity contribution in [3.63, 3.8) is 0 Å². The van der Waals surface area contributed by atoms with E-state index in [4.69, 9.17) is 21.1 Å². The van der Waals surface area contributed by atoms with E-state index in [1.807, 2.05) is 18.2 Å². The van der Waals surface area contributed by atoms with Gasteiger partial charge in [0.05, 0.1) is 20.1 Å². The lowest BCUT2D eigenvalue weighted by molar-refractivity contribution is -0.146. The number of halogens is 1. The third-order valence-electron chi connectivity index (χ3n) is 3.50. The van der Waals surface area contributed by atoms with Crippen LogP contribution >= 0.6 is 11.6 Å². The van der Waals surface area contributed by atoms with E-state index in [0.717, 1.165) is 5.56 Å². The van der Waals surface area contributed by atoms with E-state index in [1.165, 1.54) is 14.2 Å². The molecule has 3 atom stereocenters. The molecule has 0 unspecified atom stereocenters. The van der Waals surface area contributed by atoms with Crippen LogP contribution in [0.4, 0.5) is 0 Å². The van der Waals surface area contributed by atoms with Crippen LogP contribution in [0.15, 0.2) is 24.3 Å². The molecule has 0 radical (unpaired) electrons. The molecular formula is C14H16ClNO4. The van der Waals surface area contributed by atoms with Crippen molar-refractivity contribution in [3.05, 3.63) is 34.9 Å². The summed E-state index contributed by atoms with van der Waals surface area (Å²) in [7, 11) is 2.65. The highest BCUT2D eigenvalue weighted by molar-refractivity contribution is 6.31. The Balaban J connectivity index is 2.31. The van der Waals surface area contributed by atoms with Crippen molar-refractivity contribution in [1.29, 1.82) is 0 Å². The van der Waals surface area contributed by atoms with Crippen molar-refractivity contribution in [2.75, 3.05) is 14.2 Å². The van der Waals surface area contributed by atoms with E-state index in [2.05, 4.69) is 5.32 Å². The number of esters is 2. The van der Waals surface area contributed by atoms with Crippen LogP contribution in [0, 0.1) is 5.92 Å². The predicted octanol–water partition coefficient (Wildman–Crippen LogP) is 1.71. The Morgan fingerprint density at radius 2 is 1.85 bits per heavy atom. The first-order valence-electron chi connectivity index (χ1n) is 6.24. The quantitative estimate of drug-likeness (QED) is 0.860. The summed E-state index contributed by atoms with van der Waals surface area (Å²) in [6, 6.07) is 6.33. The van der Waals surface area contributed by atoms with Crippen LogP contribution in [0.5, 0.6) is 0 Å². The fourth-order valence-corrected chi connectivity index (χ4v) is 2.77. The van der Waals surface area contributed by atoms with E-state index in [-0.39, 0.29) is 12.0 Å². The molecule has 1 aliphatic heterocycles. The average Bonchev–Trinajstić information content (AvgIpc) is 2.91. The van der Waals surface area contributed by atoms with E-state index < -0.39 is 17.9 Å². The van der Waals surface area contributed by atoms with Crippen molar-refractivity contribution < 1.29 is 19.1 Å². The minimum atomic E-state index is -0.537. The van der Waals surface area contributed by atoms with Crippen LogP contribution in [-0.4, -0.2) is 32.2 Å². The number of hydrogen-bond donors (Lipinski definition) is 1. The van der Waals surface area contributed by atoms with Crippen LogP contribution in [0.3, 0.4) is 0 Å². The molecule has 2 rings (SSSR count). The number of methoxy groups -OCH3 is 2. The number of carbonyl (C=O) groups excluding carboxylic acids is 2. The van der Waals surface area contributed by atoms with Crippen LogP contribution in [0.25, 0.3) is 0 Å². The van der Waals surface area contributed by atoms with Crippen LogP contribution < -0.4 is 5.32 Å². The first-order chi connectivity index (χ1) is 9.58. The minimum absolute atomic E-state index is 0.329. The lowest BCUT2D eigenvalue weighted by Gasteiger charge is -2.19. The summed E-state index contributed by atoms with van der Waals surface area (Å²) >= 11 is 6.17. The third kappa shape index (κ3) is 2.78. The molecule has 6 heteroatoms. The summed E-state index contributed by atoms with van der Waals surface area (Å²) in [4.78, 5) is 23.6. The van der Waals surface area contributed by atoms with Gasteiger partial charge in [-0.2, -0.15) is 0 Å². The van der Waals surface area contributed by atoms with Crippen molar-refractivity contribution >= 4 is 23.5 Å². The maximum absolute atomic E-state index is 11.9. The highest BCUT2D eigenvalue weighted by Gasteiger charge is 2.43. The number of hydrogen-bond acceptors (Lipinski definition) is 5. The fourth-order valence-electron chi connectivity index (χ4n) is 2.52. The van der Waals surface area contributed by atoms with Gasteiger partial charge in [-0.05, 0) is 18.1 Å². The minimum Gasteiger partial charge on any atom is -0.469 e. The number of rotatable bonds is 3. The summed E-state index contributed by atoms with van der Waals surface area (Å²) in [5.41, 5.74) is 0.774. The van der Waals surface area contributed by atoms with Crippen molar-refractivity contribution in [3.8, 4) is 0 Å². The van der Waals surface area contributed by atoms with Gasteiger partial charge in [-0.1, -0.05) is 29.8 Å². The van der Waals surface area contributed by atoms with Gasteiger partial charge < -0.3 is 9.47 Å². The Morgan fingerprint density at radius 3 is 2.45 bits per heavy atom. The topological polar surface area (TPSA) is 64.6 Å². The highest BCUT2D eigenvalue weighted by Crippen LogP contribution is 2.37. The molecule has 0 aromatic heterocycles. The summed E-state index contributed by atoms with van der Waals surface area (Å²) in [5, 5.41) is 3.65. The van der Waals surface area contributed by atoms with Gasteiger partial charge in [-0.25, -0.2) is 0 Å². The molecular weight excluding hydrogens is 282 g/mol. The second-order valence-corrected chi connectivity index (χ2v) is 5.01. The highest BCUT2D eigenvalue weighted by atomic mass is 35.5. The van der Waals surface area contributed by atoms with Crippen molar-refractivity contribution in [2.45, 2.75) is 18.5 Å². The fraction of sp³-hybridized carbons (Fsp3) is 0.429. The summed E-state index contributed by atoms with van der Waals surface area (Å²) in [6.07, 6.45) is 0.329. The lowest BCUT2D eigenvalue weighted by atomic mass is 9.93. The number of benzene rings is 1. The molecule has 1 heterocycles. The molecule has 0 amide bonds. The van der Waals surface area contributed by atoms with E-state index >= 15 is 0 Å². The van der Waals surface area contributed by atoms with Crippen LogP contribution in [-0.2, 0) is 19.1 Å². The van der Waals surface area contributed by atoms with E-state index in [0.29, 0.717) is 11.4 Å².